The Morgan fingerprint density at radius 3 is 3.00 bits per heavy atom. The standard InChI is InChI=1S/C11H16N4O2/c1-8(16)6-9-4-2-3-5-15(9)11(17)10-7-12-14-13-10/h7,9H,2-6H2,1H3,(H,12,13,14). The molecular weight excluding hydrogens is 220 g/mol. The molecule has 17 heavy (non-hydrogen) atoms. The van der Waals surface area contributed by atoms with Gasteiger partial charge in [-0.25, -0.2) is 0 Å². The van der Waals surface area contributed by atoms with Gasteiger partial charge in [0.05, 0.1) is 6.20 Å². The quantitative estimate of drug-likeness (QED) is 0.841. The third-order valence-electron chi connectivity index (χ3n) is 3.05. The summed E-state index contributed by atoms with van der Waals surface area (Å²) in [5.41, 5.74) is 0.320. The second-order valence-corrected chi connectivity index (χ2v) is 4.41. The highest BCUT2D eigenvalue weighted by Crippen LogP contribution is 2.21. The molecule has 1 atom stereocenters. The number of hydrogen-bond acceptors (Lipinski definition) is 4. The zero-order valence-electron chi connectivity index (χ0n) is 9.85. The van der Waals surface area contributed by atoms with Gasteiger partial charge in [0.25, 0.3) is 5.91 Å². The summed E-state index contributed by atoms with van der Waals surface area (Å²) >= 11 is 0. The normalized spacial score (nSPS) is 20.3. The second-order valence-electron chi connectivity index (χ2n) is 4.41. The number of amides is 1. The van der Waals surface area contributed by atoms with E-state index in [1.54, 1.807) is 11.8 Å². The maximum atomic E-state index is 12.1. The highest BCUT2D eigenvalue weighted by molar-refractivity contribution is 5.92. The van der Waals surface area contributed by atoms with E-state index in [4.69, 9.17) is 0 Å². The van der Waals surface area contributed by atoms with Crippen molar-refractivity contribution in [3.63, 3.8) is 0 Å². The minimum atomic E-state index is -0.135. The van der Waals surface area contributed by atoms with Gasteiger partial charge in [0, 0.05) is 19.0 Å². The summed E-state index contributed by atoms with van der Waals surface area (Å²) in [7, 11) is 0. The van der Waals surface area contributed by atoms with Gasteiger partial charge in [-0.1, -0.05) is 0 Å². The zero-order chi connectivity index (χ0) is 12.3. The molecule has 6 heteroatoms. The molecule has 1 fully saturated rings. The molecule has 1 saturated heterocycles. The van der Waals surface area contributed by atoms with Crippen LogP contribution in [0.4, 0.5) is 0 Å². The molecule has 1 aliphatic heterocycles. The molecule has 6 nitrogen and oxygen atoms in total. The van der Waals surface area contributed by atoms with Crippen molar-refractivity contribution >= 4 is 11.7 Å². The number of carbonyl (C=O) groups is 2. The highest BCUT2D eigenvalue weighted by Gasteiger charge is 2.29. The van der Waals surface area contributed by atoms with E-state index < -0.39 is 0 Å². The van der Waals surface area contributed by atoms with Gasteiger partial charge in [0.2, 0.25) is 0 Å². The lowest BCUT2D eigenvalue weighted by Gasteiger charge is -2.34. The predicted octanol–water partition coefficient (Wildman–Crippen LogP) is 0.778. The monoisotopic (exact) mass is 236 g/mol. The second kappa shape index (κ2) is 5.07. The zero-order valence-corrected chi connectivity index (χ0v) is 9.85. The van der Waals surface area contributed by atoms with Crippen molar-refractivity contribution < 1.29 is 9.59 Å². The van der Waals surface area contributed by atoms with Crippen molar-refractivity contribution in [2.45, 2.75) is 38.6 Å². The summed E-state index contributed by atoms with van der Waals surface area (Å²) in [5.74, 6) is -0.0143. The van der Waals surface area contributed by atoms with Crippen LogP contribution in [-0.2, 0) is 4.79 Å². The van der Waals surface area contributed by atoms with Crippen LogP contribution in [0.25, 0.3) is 0 Å². The summed E-state index contributed by atoms with van der Waals surface area (Å²) in [6, 6.07) is 0.0189. The molecule has 0 aromatic carbocycles. The molecule has 2 rings (SSSR count). The van der Waals surface area contributed by atoms with Crippen LogP contribution in [0.2, 0.25) is 0 Å². The molecule has 0 spiro atoms. The molecular formula is C11H16N4O2. The Balaban J connectivity index is 2.10. The lowest BCUT2D eigenvalue weighted by molar-refractivity contribution is -0.118. The number of hydrogen-bond donors (Lipinski definition) is 1. The summed E-state index contributed by atoms with van der Waals surface area (Å²) in [6.07, 6.45) is 4.80. The minimum Gasteiger partial charge on any atom is -0.334 e. The minimum absolute atomic E-state index is 0.0189. The molecule has 1 aliphatic rings. The number of likely N-dealkylation sites (tertiary alicyclic amines) is 1. The van der Waals surface area contributed by atoms with Crippen LogP contribution in [0.5, 0.6) is 0 Å². The van der Waals surface area contributed by atoms with Crippen LogP contribution in [0, 0.1) is 0 Å². The van der Waals surface area contributed by atoms with E-state index in [-0.39, 0.29) is 17.7 Å². The van der Waals surface area contributed by atoms with Crippen molar-refractivity contribution in [1.29, 1.82) is 0 Å². The number of aromatic nitrogens is 3. The van der Waals surface area contributed by atoms with Crippen LogP contribution < -0.4 is 0 Å². The Morgan fingerprint density at radius 2 is 2.35 bits per heavy atom. The number of carbonyl (C=O) groups excluding carboxylic acids is 2. The summed E-state index contributed by atoms with van der Waals surface area (Å²) in [6.45, 7) is 2.26. The molecule has 1 unspecified atom stereocenters. The van der Waals surface area contributed by atoms with Gasteiger partial charge in [-0.15, -0.1) is 0 Å². The third kappa shape index (κ3) is 2.69. The van der Waals surface area contributed by atoms with Crippen molar-refractivity contribution in [2.75, 3.05) is 6.54 Å². The van der Waals surface area contributed by atoms with Gasteiger partial charge in [-0.2, -0.15) is 15.4 Å². The van der Waals surface area contributed by atoms with Crippen molar-refractivity contribution in [3.05, 3.63) is 11.9 Å². The first kappa shape index (κ1) is 11.8. The van der Waals surface area contributed by atoms with E-state index in [2.05, 4.69) is 15.4 Å². The van der Waals surface area contributed by atoms with Gasteiger partial charge < -0.3 is 4.90 Å². The molecule has 0 radical (unpaired) electrons. The molecule has 0 saturated carbocycles. The van der Waals surface area contributed by atoms with Gasteiger partial charge in [-0.3, -0.25) is 9.59 Å². The summed E-state index contributed by atoms with van der Waals surface area (Å²) < 4.78 is 0. The number of nitrogens with zero attached hydrogens (tertiary/aromatic N) is 3. The van der Waals surface area contributed by atoms with Crippen LogP contribution in [0.3, 0.4) is 0 Å². The number of aromatic amines is 1. The lowest BCUT2D eigenvalue weighted by atomic mass is 9.97. The Morgan fingerprint density at radius 1 is 1.53 bits per heavy atom. The van der Waals surface area contributed by atoms with E-state index in [0.717, 1.165) is 19.3 Å². The fourth-order valence-corrected chi connectivity index (χ4v) is 2.26. The van der Waals surface area contributed by atoms with Crippen LogP contribution >= 0.6 is 0 Å². The van der Waals surface area contributed by atoms with E-state index in [1.165, 1.54) is 6.20 Å². The number of Topliss-reactive ketones (excluding diaryl/α,β-unsaturated/α-hetero) is 1. The molecule has 2 heterocycles. The molecule has 1 N–H and O–H groups in total. The molecule has 1 aromatic heterocycles. The first-order chi connectivity index (χ1) is 8.18. The maximum absolute atomic E-state index is 12.1. The number of rotatable bonds is 3. The largest absolute Gasteiger partial charge is 0.334 e. The Hall–Kier alpha value is -1.72. The van der Waals surface area contributed by atoms with E-state index in [9.17, 15) is 9.59 Å². The number of H-pyrrole nitrogens is 1. The number of ketones is 1. The predicted molar refractivity (Wildman–Crippen MR) is 60.4 cm³/mol. The molecule has 92 valence electrons. The van der Waals surface area contributed by atoms with Crippen molar-refractivity contribution in [2.24, 2.45) is 0 Å². The van der Waals surface area contributed by atoms with Crippen LogP contribution in [-0.4, -0.2) is 44.6 Å². The van der Waals surface area contributed by atoms with Gasteiger partial charge in [-0.05, 0) is 26.2 Å². The van der Waals surface area contributed by atoms with E-state index in [0.29, 0.717) is 18.7 Å². The Labute approximate surface area is 99.4 Å². The Bertz CT molecular complexity index is 402. The summed E-state index contributed by atoms with van der Waals surface area (Å²) in [4.78, 5) is 25.1. The first-order valence-electron chi connectivity index (χ1n) is 5.84. The Kier molecular flexibility index (Phi) is 3.51. The third-order valence-corrected chi connectivity index (χ3v) is 3.05. The number of nitrogens with one attached hydrogen (secondary N) is 1. The highest BCUT2D eigenvalue weighted by atomic mass is 16.2. The molecule has 1 amide bonds. The molecule has 0 bridgehead atoms. The number of piperidine rings is 1. The van der Waals surface area contributed by atoms with E-state index in [1.807, 2.05) is 0 Å². The lowest BCUT2D eigenvalue weighted by Crippen LogP contribution is -2.44. The average Bonchev–Trinajstić information content (AvgIpc) is 2.81. The smallest absolute Gasteiger partial charge is 0.276 e. The van der Waals surface area contributed by atoms with Crippen molar-refractivity contribution in [3.8, 4) is 0 Å². The average molecular weight is 236 g/mol. The fraction of sp³-hybridized carbons (Fsp3) is 0.636. The molecule has 1 aromatic rings. The van der Waals surface area contributed by atoms with Gasteiger partial charge in [0.1, 0.15) is 5.78 Å². The first-order valence-corrected chi connectivity index (χ1v) is 5.84. The summed E-state index contributed by atoms with van der Waals surface area (Å²) in [5, 5.41) is 9.86. The van der Waals surface area contributed by atoms with Gasteiger partial charge >= 0.3 is 0 Å². The topological polar surface area (TPSA) is 79.0 Å². The fourth-order valence-electron chi connectivity index (χ4n) is 2.26. The SMILES string of the molecule is CC(=O)CC1CCCCN1C(=O)c1cn[nH]n1. The van der Waals surface area contributed by atoms with E-state index >= 15 is 0 Å². The van der Waals surface area contributed by atoms with Crippen LogP contribution in [0.1, 0.15) is 43.1 Å². The molecule has 0 aliphatic carbocycles. The van der Waals surface area contributed by atoms with Crippen molar-refractivity contribution in [1.82, 2.24) is 20.3 Å². The maximum Gasteiger partial charge on any atom is 0.276 e. The van der Waals surface area contributed by atoms with Gasteiger partial charge in [0.15, 0.2) is 5.69 Å². The van der Waals surface area contributed by atoms with Crippen LogP contribution in [0.15, 0.2) is 6.20 Å².